The number of benzene rings is 4. The smallest absolute Gasteiger partial charge is 0.174 e. The van der Waals surface area contributed by atoms with E-state index in [-0.39, 0.29) is 6.10 Å². The molecule has 0 aliphatic heterocycles. The molecule has 5 rings (SSSR count). The molecule has 0 N–H and O–H groups in total. The van der Waals surface area contributed by atoms with Crippen molar-refractivity contribution in [3.8, 4) is 5.75 Å². The zero-order valence-electron chi connectivity index (χ0n) is 20.9. The van der Waals surface area contributed by atoms with Crippen molar-refractivity contribution in [2.75, 3.05) is 0 Å². The molecule has 0 spiro atoms. The monoisotopic (exact) mass is 482 g/mol. The van der Waals surface area contributed by atoms with Crippen molar-refractivity contribution in [3.63, 3.8) is 0 Å². The average Bonchev–Trinajstić information content (AvgIpc) is 2.89. The molecule has 1 saturated carbocycles. The van der Waals surface area contributed by atoms with E-state index in [1.165, 1.54) is 12.8 Å². The second kappa shape index (κ2) is 10.0. The standard InChI is InChI=1S/C32H35O2P/c1-23(2)28-20-18-24(3)22-30(28)34-32-29-17-11-10-12-25(29)19-21-31(32)35(33,26-13-6-4-7-14-26)27-15-8-5-9-16-27/h4-17,19,21,23-24,28,30H,18,20,22H2,1-3H3/t24-,28+,30-/m1/s1. The normalized spacial score (nSPS) is 20.7. The molecule has 1 aliphatic carbocycles. The molecule has 0 saturated heterocycles. The van der Waals surface area contributed by atoms with Gasteiger partial charge in [-0.15, -0.1) is 0 Å². The van der Waals surface area contributed by atoms with Crippen LogP contribution in [0.3, 0.4) is 0 Å². The second-order valence-corrected chi connectivity index (χ2v) is 13.1. The maximum atomic E-state index is 15.3. The van der Waals surface area contributed by atoms with Crippen molar-refractivity contribution in [2.24, 2.45) is 17.8 Å². The molecule has 0 aromatic heterocycles. The molecule has 4 aromatic carbocycles. The Bertz CT molecular complexity index is 1290. The maximum Gasteiger partial charge on any atom is 0.174 e. The van der Waals surface area contributed by atoms with Crippen LogP contribution in [-0.2, 0) is 4.57 Å². The molecule has 180 valence electrons. The Balaban J connectivity index is 1.75. The predicted molar refractivity (Wildman–Crippen MR) is 149 cm³/mol. The van der Waals surface area contributed by atoms with Crippen LogP contribution in [0.25, 0.3) is 10.8 Å². The van der Waals surface area contributed by atoms with Crippen molar-refractivity contribution in [2.45, 2.75) is 46.1 Å². The first-order valence-electron chi connectivity index (χ1n) is 12.9. The molecule has 1 aliphatic rings. The fraction of sp³-hybridized carbons (Fsp3) is 0.312. The van der Waals surface area contributed by atoms with E-state index in [0.29, 0.717) is 17.8 Å². The molecule has 0 amide bonds. The van der Waals surface area contributed by atoms with Crippen molar-refractivity contribution in [1.82, 2.24) is 0 Å². The summed E-state index contributed by atoms with van der Waals surface area (Å²) in [4.78, 5) is 0. The van der Waals surface area contributed by atoms with Gasteiger partial charge < -0.3 is 9.30 Å². The summed E-state index contributed by atoms with van der Waals surface area (Å²) in [6.07, 6.45) is 3.58. The maximum absolute atomic E-state index is 15.3. The lowest BCUT2D eigenvalue weighted by molar-refractivity contribution is 0.0479. The minimum atomic E-state index is -3.17. The van der Waals surface area contributed by atoms with E-state index in [1.54, 1.807) is 0 Å². The molecule has 35 heavy (non-hydrogen) atoms. The first kappa shape index (κ1) is 23.9. The van der Waals surface area contributed by atoms with Crippen LogP contribution in [0, 0.1) is 17.8 Å². The predicted octanol–water partition coefficient (Wildman–Crippen LogP) is 7.32. The SMILES string of the molecule is CC(C)[C@@H]1CC[C@@H](C)C[C@H]1Oc1c(P(=O)(c2ccccc2)c2ccccc2)ccc2ccccc12. The Labute approximate surface area is 209 Å². The van der Waals surface area contributed by atoms with Crippen molar-refractivity contribution >= 4 is 33.8 Å². The first-order valence-corrected chi connectivity index (χ1v) is 14.6. The van der Waals surface area contributed by atoms with Crippen LogP contribution in [0.5, 0.6) is 5.75 Å². The van der Waals surface area contributed by atoms with Crippen LogP contribution in [-0.4, -0.2) is 6.10 Å². The lowest BCUT2D eigenvalue weighted by Gasteiger charge is -2.38. The molecule has 3 heteroatoms. The number of hydrogen-bond acceptors (Lipinski definition) is 2. The van der Waals surface area contributed by atoms with Crippen LogP contribution in [0.1, 0.15) is 40.0 Å². The summed E-state index contributed by atoms with van der Waals surface area (Å²) >= 11 is 0. The highest BCUT2D eigenvalue weighted by Crippen LogP contribution is 2.48. The Kier molecular flexibility index (Phi) is 6.85. The molecule has 0 bridgehead atoms. The number of rotatable bonds is 6. The van der Waals surface area contributed by atoms with E-state index in [0.717, 1.165) is 38.9 Å². The molecule has 3 atom stereocenters. The van der Waals surface area contributed by atoms with Gasteiger partial charge in [0.15, 0.2) is 7.14 Å². The van der Waals surface area contributed by atoms with Gasteiger partial charge in [-0.3, -0.25) is 0 Å². The summed E-state index contributed by atoms with van der Waals surface area (Å²) in [6, 6.07) is 32.3. The van der Waals surface area contributed by atoms with Gasteiger partial charge in [0, 0.05) is 16.0 Å². The quantitative estimate of drug-likeness (QED) is 0.269. The van der Waals surface area contributed by atoms with E-state index in [1.807, 2.05) is 60.7 Å². The molecule has 0 radical (unpaired) electrons. The third-order valence-corrected chi connectivity index (χ3v) is 10.7. The summed E-state index contributed by atoms with van der Waals surface area (Å²) in [5, 5.41) is 4.63. The summed E-state index contributed by atoms with van der Waals surface area (Å²) in [6.45, 7) is 6.94. The third-order valence-electron chi connectivity index (χ3n) is 7.67. The van der Waals surface area contributed by atoms with Crippen molar-refractivity contribution in [1.29, 1.82) is 0 Å². The summed E-state index contributed by atoms with van der Waals surface area (Å²) in [5.74, 6) is 2.46. The lowest BCUT2D eigenvalue weighted by Crippen LogP contribution is -2.38. The number of fused-ring (bicyclic) bond motifs is 1. The van der Waals surface area contributed by atoms with Gasteiger partial charge in [0.25, 0.3) is 0 Å². The van der Waals surface area contributed by atoms with Crippen LogP contribution in [0.15, 0.2) is 97.1 Å². The highest BCUT2D eigenvalue weighted by atomic mass is 31.2. The highest BCUT2D eigenvalue weighted by Gasteiger charge is 2.37. The van der Waals surface area contributed by atoms with Gasteiger partial charge in [0.05, 0.1) is 5.30 Å². The molecule has 4 aromatic rings. The molecule has 0 unspecified atom stereocenters. The fourth-order valence-corrected chi connectivity index (χ4v) is 8.49. The average molecular weight is 483 g/mol. The van der Waals surface area contributed by atoms with E-state index >= 15 is 4.57 Å². The van der Waals surface area contributed by atoms with E-state index in [9.17, 15) is 0 Å². The molecule has 2 nitrogen and oxygen atoms in total. The number of hydrogen-bond donors (Lipinski definition) is 0. The fourth-order valence-electron chi connectivity index (χ4n) is 5.71. The van der Waals surface area contributed by atoms with Crippen LogP contribution in [0.2, 0.25) is 0 Å². The number of ether oxygens (including phenoxy) is 1. The Morgan fingerprint density at radius 1 is 0.771 bits per heavy atom. The minimum absolute atomic E-state index is 0.114. The van der Waals surface area contributed by atoms with Crippen molar-refractivity contribution < 1.29 is 9.30 Å². The topological polar surface area (TPSA) is 26.3 Å². The largest absolute Gasteiger partial charge is 0.489 e. The van der Waals surface area contributed by atoms with Gasteiger partial charge in [-0.05, 0) is 42.0 Å². The summed E-state index contributed by atoms with van der Waals surface area (Å²) in [7, 11) is -3.17. The van der Waals surface area contributed by atoms with Gasteiger partial charge in [0.2, 0.25) is 0 Å². The molecular formula is C32H35O2P. The summed E-state index contributed by atoms with van der Waals surface area (Å²) < 4.78 is 22.4. The zero-order valence-corrected chi connectivity index (χ0v) is 21.8. The molecule has 0 heterocycles. The van der Waals surface area contributed by atoms with E-state index < -0.39 is 7.14 Å². The van der Waals surface area contributed by atoms with E-state index in [4.69, 9.17) is 4.74 Å². The summed E-state index contributed by atoms with van der Waals surface area (Å²) in [5.41, 5.74) is 0. The van der Waals surface area contributed by atoms with Crippen LogP contribution >= 0.6 is 7.14 Å². The van der Waals surface area contributed by atoms with Crippen molar-refractivity contribution in [3.05, 3.63) is 97.1 Å². The van der Waals surface area contributed by atoms with Gasteiger partial charge >= 0.3 is 0 Å². The lowest BCUT2D eigenvalue weighted by atomic mass is 9.75. The Hall–Kier alpha value is -2.83. The highest BCUT2D eigenvalue weighted by molar-refractivity contribution is 7.85. The molecule has 1 fully saturated rings. The Morgan fingerprint density at radius 3 is 2.00 bits per heavy atom. The first-order chi connectivity index (χ1) is 17.0. The van der Waals surface area contributed by atoms with Gasteiger partial charge in [-0.1, -0.05) is 118 Å². The third kappa shape index (κ3) is 4.57. The van der Waals surface area contributed by atoms with Gasteiger partial charge in [-0.2, -0.15) is 0 Å². The van der Waals surface area contributed by atoms with Gasteiger partial charge in [0.1, 0.15) is 11.9 Å². The zero-order chi connectivity index (χ0) is 24.4. The van der Waals surface area contributed by atoms with Crippen LogP contribution < -0.4 is 20.7 Å². The van der Waals surface area contributed by atoms with E-state index in [2.05, 4.69) is 57.2 Å². The minimum Gasteiger partial charge on any atom is -0.489 e. The van der Waals surface area contributed by atoms with Crippen LogP contribution in [0.4, 0.5) is 0 Å². The second-order valence-electron chi connectivity index (χ2n) is 10.4. The molecular weight excluding hydrogens is 447 g/mol. The Morgan fingerprint density at radius 2 is 1.37 bits per heavy atom. The van der Waals surface area contributed by atoms with Gasteiger partial charge in [-0.25, -0.2) is 0 Å².